The van der Waals surface area contributed by atoms with Crippen LogP contribution < -0.4 is 9.47 Å². The Morgan fingerprint density at radius 3 is 1.76 bits per heavy atom. The molecule has 2 rings (SSSR count). The summed E-state index contributed by atoms with van der Waals surface area (Å²) in [4.78, 5) is 0. The van der Waals surface area contributed by atoms with Gasteiger partial charge in [0.1, 0.15) is 17.2 Å². The third kappa shape index (κ3) is 2.98. The highest BCUT2D eigenvalue weighted by Gasteiger charge is 1.98. The van der Waals surface area contributed by atoms with Crippen LogP contribution in [0.25, 0.3) is 0 Å². The summed E-state index contributed by atoms with van der Waals surface area (Å²) in [5.74, 6) is 2.29. The normalized spacial score (nSPS) is 10.0. The number of rotatable bonds is 4. The highest BCUT2D eigenvalue weighted by molar-refractivity contribution is 5.36. The SMILES string of the molecule is COc1ccc(Oc2ccc(CO)cc2)cc1. The average Bonchev–Trinajstić information content (AvgIpc) is 2.40. The highest BCUT2D eigenvalue weighted by atomic mass is 16.5. The van der Waals surface area contributed by atoms with Gasteiger partial charge in [-0.1, -0.05) is 12.1 Å². The molecule has 0 aliphatic heterocycles. The Labute approximate surface area is 100 Å². The van der Waals surface area contributed by atoms with E-state index in [2.05, 4.69) is 0 Å². The molecule has 2 aromatic rings. The maximum atomic E-state index is 8.92. The number of benzene rings is 2. The third-order valence-corrected chi connectivity index (χ3v) is 2.40. The Kier molecular flexibility index (Phi) is 3.62. The number of hydrogen-bond acceptors (Lipinski definition) is 3. The summed E-state index contributed by atoms with van der Waals surface area (Å²) < 4.78 is 10.7. The zero-order valence-electron chi connectivity index (χ0n) is 9.59. The molecule has 2 aromatic carbocycles. The molecule has 0 unspecified atom stereocenters. The monoisotopic (exact) mass is 230 g/mol. The third-order valence-electron chi connectivity index (χ3n) is 2.40. The fourth-order valence-corrected chi connectivity index (χ4v) is 1.44. The van der Waals surface area contributed by atoms with Crippen molar-refractivity contribution in [3.8, 4) is 17.2 Å². The first-order valence-electron chi connectivity index (χ1n) is 5.33. The summed E-state index contributed by atoms with van der Waals surface area (Å²) >= 11 is 0. The molecule has 0 aliphatic rings. The number of hydrogen-bond donors (Lipinski definition) is 1. The topological polar surface area (TPSA) is 38.7 Å². The van der Waals surface area contributed by atoms with Gasteiger partial charge < -0.3 is 14.6 Å². The lowest BCUT2D eigenvalue weighted by atomic mass is 10.2. The van der Waals surface area contributed by atoms with E-state index in [0.29, 0.717) is 0 Å². The summed E-state index contributed by atoms with van der Waals surface area (Å²) in [6.07, 6.45) is 0. The van der Waals surface area contributed by atoms with Crippen molar-refractivity contribution in [2.24, 2.45) is 0 Å². The molecular formula is C14H14O3. The van der Waals surface area contributed by atoms with Gasteiger partial charge in [0.25, 0.3) is 0 Å². The zero-order valence-corrected chi connectivity index (χ0v) is 9.59. The van der Waals surface area contributed by atoms with Crippen molar-refractivity contribution in [3.05, 3.63) is 54.1 Å². The van der Waals surface area contributed by atoms with Crippen LogP contribution in [0.2, 0.25) is 0 Å². The summed E-state index contributed by atoms with van der Waals surface area (Å²) in [6, 6.07) is 14.7. The predicted octanol–water partition coefficient (Wildman–Crippen LogP) is 2.98. The Hall–Kier alpha value is -2.00. The lowest BCUT2D eigenvalue weighted by Gasteiger charge is -2.07. The Balaban J connectivity index is 2.08. The van der Waals surface area contributed by atoms with Gasteiger partial charge >= 0.3 is 0 Å². The summed E-state index contributed by atoms with van der Waals surface area (Å²) in [5, 5.41) is 8.92. The molecule has 0 bridgehead atoms. The van der Waals surface area contributed by atoms with Crippen LogP contribution in [0.1, 0.15) is 5.56 Å². The lowest BCUT2D eigenvalue weighted by Crippen LogP contribution is -1.87. The van der Waals surface area contributed by atoms with Gasteiger partial charge in [-0.15, -0.1) is 0 Å². The largest absolute Gasteiger partial charge is 0.497 e. The molecule has 0 aliphatic carbocycles. The van der Waals surface area contributed by atoms with E-state index in [1.807, 2.05) is 48.5 Å². The molecule has 3 heteroatoms. The molecule has 0 atom stereocenters. The average molecular weight is 230 g/mol. The highest BCUT2D eigenvalue weighted by Crippen LogP contribution is 2.23. The Morgan fingerprint density at radius 1 is 0.824 bits per heavy atom. The van der Waals surface area contributed by atoms with Crippen molar-refractivity contribution in [3.63, 3.8) is 0 Å². The van der Waals surface area contributed by atoms with Crippen LogP contribution in [0.4, 0.5) is 0 Å². The summed E-state index contributed by atoms with van der Waals surface area (Å²) in [7, 11) is 1.63. The molecule has 3 nitrogen and oxygen atoms in total. The second kappa shape index (κ2) is 5.37. The van der Waals surface area contributed by atoms with E-state index >= 15 is 0 Å². The first kappa shape index (κ1) is 11.5. The van der Waals surface area contributed by atoms with Gasteiger partial charge in [0.15, 0.2) is 0 Å². The van der Waals surface area contributed by atoms with Crippen LogP contribution in [0.15, 0.2) is 48.5 Å². The van der Waals surface area contributed by atoms with Gasteiger partial charge in [-0.05, 0) is 42.0 Å². The molecule has 17 heavy (non-hydrogen) atoms. The molecule has 0 saturated carbocycles. The van der Waals surface area contributed by atoms with Crippen molar-refractivity contribution in [1.82, 2.24) is 0 Å². The minimum Gasteiger partial charge on any atom is -0.497 e. The minimum atomic E-state index is 0.0445. The van der Waals surface area contributed by atoms with Crippen LogP contribution >= 0.6 is 0 Å². The zero-order chi connectivity index (χ0) is 12.1. The van der Waals surface area contributed by atoms with Gasteiger partial charge in [0, 0.05) is 0 Å². The molecule has 0 radical (unpaired) electrons. The van der Waals surface area contributed by atoms with Gasteiger partial charge in [0.05, 0.1) is 13.7 Å². The van der Waals surface area contributed by atoms with Crippen LogP contribution in [0, 0.1) is 0 Å². The van der Waals surface area contributed by atoms with Crippen LogP contribution in [0.3, 0.4) is 0 Å². The van der Waals surface area contributed by atoms with E-state index in [1.165, 1.54) is 0 Å². The van der Waals surface area contributed by atoms with E-state index in [1.54, 1.807) is 7.11 Å². The maximum absolute atomic E-state index is 8.92. The van der Waals surface area contributed by atoms with Crippen LogP contribution in [0.5, 0.6) is 17.2 Å². The standard InChI is InChI=1S/C14H14O3/c1-16-12-6-8-14(9-7-12)17-13-4-2-11(10-15)3-5-13/h2-9,15H,10H2,1H3. The number of aliphatic hydroxyl groups is 1. The van der Waals surface area contributed by atoms with E-state index in [9.17, 15) is 0 Å². The Morgan fingerprint density at radius 2 is 1.29 bits per heavy atom. The number of aliphatic hydroxyl groups excluding tert-OH is 1. The van der Waals surface area contributed by atoms with Crippen molar-refractivity contribution < 1.29 is 14.6 Å². The second-order valence-electron chi connectivity index (χ2n) is 3.58. The van der Waals surface area contributed by atoms with Crippen LogP contribution in [-0.2, 0) is 6.61 Å². The molecule has 1 N–H and O–H groups in total. The first-order valence-corrected chi connectivity index (χ1v) is 5.33. The van der Waals surface area contributed by atoms with E-state index in [-0.39, 0.29) is 6.61 Å². The number of ether oxygens (including phenoxy) is 2. The summed E-state index contributed by atoms with van der Waals surface area (Å²) in [6.45, 7) is 0.0445. The molecule has 0 fully saturated rings. The fraction of sp³-hybridized carbons (Fsp3) is 0.143. The lowest BCUT2D eigenvalue weighted by molar-refractivity contribution is 0.281. The van der Waals surface area contributed by atoms with Gasteiger partial charge in [0.2, 0.25) is 0 Å². The fourth-order valence-electron chi connectivity index (χ4n) is 1.44. The maximum Gasteiger partial charge on any atom is 0.127 e. The van der Waals surface area contributed by atoms with Crippen molar-refractivity contribution in [2.45, 2.75) is 6.61 Å². The Bertz CT molecular complexity index is 414. The van der Waals surface area contributed by atoms with Gasteiger partial charge in [-0.3, -0.25) is 0 Å². The van der Waals surface area contributed by atoms with Crippen molar-refractivity contribution in [2.75, 3.05) is 7.11 Å². The molecule has 0 heterocycles. The molecule has 0 aromatic heterocycles. The van der Waals surface area contributed by atoms with E-state index < -0.39 is 0 Å². The minimum absolute atomic E-state index is 0.0445. The van der Waals surface area contributed by atoms with E-state index in [4.69, 9.17) is 14.6 Å². The molecule has 0 amide bonds. The van der Waals surface area contributed by atoms with Gasteiger partial charge in [-0.25, -0.2) is 0 Å². The smallest absolute Gasteiger partial charge is 0.127 e. The molecule has 0 saturated heterocycles. The predicted molar refractivity (Wildman–Crippen MR) is 65.4 cm³/mol. The van der Waals surface area contributed by atoms with Crippen molar-refractivity contribution in [1.29, 1.82) is 0 Å². The number of methoxy groups -OCH3 is 1. The second-order valence-corrected chi connectivity index (χ2v) is 3.58. The molecule has 0 spiro atoms. The van der Waals surface area contributed by atoms with E-state index in [0.717, 1.165) is 22.8 Å². The first-order chi connectivity index (χ1) is 8.31. The summed E-state index contributed by atoms with van der Waals surface area (Å²) in [5.41, 5.74) is 0.868. The van der Waals surface area contributed by atoms with Gasteiger partial charge in [-0.2, -0.15) is 0 Å². The molecular weight excluding hydrogens is 216 g/mol. The molecule has 88 valence electrons. The van der Waals surface area contributed by atoms with Crippen molar-refractivity contribution >= 4 is 0 Å². The quantitative estimate of drug-likeness (QED) is 0.877. The van der Waals surface area contributed by atoms with Crippen LogP contribution in [-0.4, -0.2) is 12.2 Å².